The summed E-state index contributed by atoms with van der Waals surface area (Å²) in [6.07, 6.45) is 11.7. The fraction of sp³-hybridized carbons (Fsp3) is 0.625. The molecule has 2 rings (SSSR count). The van der Waals surface area contributed by atoms with Gasteiger partial charge in [0.15, 0.2) is 0 Å². The highest BCUT2D eigenvalue weighted by Gasteiger charge is 2.27. The van der Waals surface area contributed by atoms with Gasteiger partial charge in [-0.2, -0.15) is 5.10 Å². The molecule has 0 radical (unpaired) electrons. The van der Waals surface area contributed by atoms with Crippen LogP contribution in [-0.2, 0) is 11.3 Å². The number of carboxylic acid groups (broad SMARTS) is 1. The van der Waals surface area contributed by atoms with E-state index in [1.54, 1.807) is 6.20 Å². The van der Waals surface area contributed by atoms with Gasteiger partial charge in [0.25, 0.3) is 0 Å². The Hall–Kier alpha value is -1.62. The molecular weight excluding hydrogens is 266 g/mol. The number of unbranched alkanes of at least 4 members (excludes halogenated alkanes) is 1. The smallest absolute Gasteiger partial charge is 0.324 e. The number of carboxylic acids is 1. The summed E-state index contributed by atoms with van der Waals surface area (Å²) in [6.45, 7) is 4.73. The van der Waals surface area contributed by atoms with E-state index >= 15 is 0 Å². The van der Waals surface area contributed by atoms with Crippen LogP contribution in [0.3, 0.4) is 0 Å². The van der Waals surface area contributed by atoms with Gasteiger partial charge in [-0.05, 0) is 44.3 Å². The first kappa shape index (κ1) is 15.8. The monoisotopic (exact) mass is 291 g/mol. The number of piperidine rings is 1. The van der Waals surface area contributed by atoms with E-state index in [0.29, 0.717) is 5.92 Å². The van der Waals surface area contributed by atoms with E-state index in [1.807, 2.05) is 29.1 Å². The Labute approximate surface area is 126 Å². The highest BCUT2D eigenvalue weighted by Crippen LogP contribution is 2.21. The van der Waals surface area contributed by atoms with Crippen molar-refractivity contribution in [2.75, 3.05) is 13.1 Å². The van der Waals surface area contributed by atoms with Crippen LogP contribution in [0, 0.1) is 5.92 Å². The van der Waals surface area contributed by atoms with E-state index < -0.39 is 12.0 Å². The Balaban J connectivity index is 1.84. The van der Waals surface area contributed by atoms with Crippen molar-refractivity contribution in [3.8, 4) is 0 Å². The minimum atomic E-state index is -0.743. The van der Waals surface area contributed by atoms with Crippen LogP contribution in [0.25, 0.3) is 0 Å². The second-order valence-corrected chi connectivity index (χ2v) is 5.71. The van der Waals surface area contributed by atoms with E-state index in [9.17, 15) is 9.90 Å². The van der Waals surface area contributed by atoms with Crippen LogP contribution < -0.4 is 0 Å². The number of hydrogen-bond acceptors (Lipinski definition) is 3. The molecule has 1 fully saturated rings. The van der Waals surface area contributed by atoms with Crippen molar-refractivity contribution in [1.82, 2.24) is 14.7 Å². The van der Waals surface area contributed by atoms with Crippen LogP contribution in [0.5, 0.6) is 0 Å². The third kappa shape index (κ3) is 4.70. The van der Waals surface area contributed by atoms with Crippen LogP contribution in [0.1, 0.15) is 32.6 Å². The Morgan fingerprint density at radius 2 is 2.24 bits per heavy atom. The average Bonchev–Trinajstić information content (AvgIpc) is 2.97. The van der Waals surface area contributed by atoms with Gasteiger partial charge in [0.2, 0.25) is 0 Å². The summed E-state index contributed by atoms with van der Waals surface area (Å²) in [4.78, 5) is 13.5. The zero-order valence-electron chi connectivity index (χ0n) is 12.7. The SMILES string of the molecule is CCC/C=C/C(C(=O)O)N1CCC(Cn2cccn2)CC1. The van der Waals surface area contributed by atoms with E-state index in [0.717, 1.165) is 45.3 Å². The summed E-state index contributed by atoms with van der Waals surface area (Å²) in [5.74, 6) is -0.150. The molecule has 0 saturated carbocycles. The molecule has 1 N–H and O–H groups in total. The quantitative estimate of drug-likeness (QED) is 0.784. The minimum Gasteiger partial charge on any atom is -0.480 e. The molecule has 0 aliphatic carbocycles. The second-order valence-electron chi connectivity index (χ2n) is 5.71. The van der Waals surface area contributed by atoms with E-state index in [2.05, 4.69) is 16.9 Å². The number of hydrogen-bond donors (Lipinski definition) is 1. The molecule has 21 heavy (non-hydrogen) atoms. The third-order valence-electron chi connectivity index (χ3n) is 4.07. The van der Waals surface area contributed by atoms with Gasteiger partial charge < -0.3 is 5.11 Å². The Morgan fingerprint density at radius 3 is 2.81 bits per heavy atom. The molecule has 0 amide bonds. The lowest BCUT2D eigenvalue weighted by molar-refractivity contribution is -0.141. The molecule has 1 saturated heterocycles. The summed E-state index contributed by atoms with van der Waals surface area (Å²) >= 11 is 0. The topological polar surface area (TPSA) is 58.4 Å². The van der Waals surface area contributed by atoms with Crippen molar-refractivity contribution >= 4 is 5.97 Å². The first-order valence-corrected chi connectivity index (χ1v) is 7.81. The molecule has 1 aliphatic heterocycles. The van der Waals surface area contributed by atoms with Crippen LogP contribution in [0.15, 0.2) is 30.6 Å². The maximum Gasteiger partial charge on any atom is 0.324 e. The summed E-state index contributed by atoms with van der Waals surface area (Å²) in [6, 6.07) is 1.47. The van der Waals surface area contributed by atoms with E-state index in [-0.39, 0.29) is 0 Å². The number of carbonyl (C=O) groups is 1. The van der Waals surface area contributed by atoms with Gasteiger partial charge in [-0.1, -0.05) is 25.5 Å². The summed E-state index contributed by atoms with van der Waals surface area (Å²) in [5.41, 5.74) is 0. The summed E-state index contributed by atoms with van der Waals surface area (Å²) in [5, 5.41) is 13.6. The zero-order valence-corrected chi connectivity index (χ0v) is 12.7. The molecule has 1 aliphatic rings. The Kier molecular flexibility index (Phi) is 5.99. The Morgan fingerprint density at radius 1 is 1.48 bits per heavy atom. The molecule has 1 aromatic heterocycles. The number of aliphatic carboxylic acids is 1. The lowest BCUT2D eigenvalue weighted by Crippen LogP contribution is -2.45. The van der Waals surface area contributed by atoms with Gasteiger partial charge in [-0.25, -0.2) is 0 Å². The molecule has 0 aromatic carbocycles. The molecular formula is C16H25N3O2. The number of nitrogens with zero attached hydrogens (tertiary/aromatic N) is 3. The van der Waals surface area contributed by atoms with E-state index in [1.165, 1.54) is 0 Å². The maximum absolute atomic E-state index is 11.4. The van der Waals surface area contributed by atoms with Crippen molar-refractivity contribution in [3.05, 3.63) is 30.6 Å². The summed E-state index contributed by atoms with van der Waals surface area (Å²) < 4.78 is 1.97. The van der Waals surface area contributed by atoms with E-state index in [4.69, 9.17) is 0 Å². The van der Waals surface area contributed by atoms with Gasteiger partial charge in [0.1, 0.15) is 6.04 Å². The molecule has 1 aromatic rings. The van der Waals surface area contributed by atoms with Crippen LogP contribution in [-0.4, -0.2) is 44.9 Å². The molecule has 0 bridgehead atoms. The standard InChI is InChI=1S/C16H25N3O2/c1-2-3-4-6-15(16(20)21)18-11-7-14(8-12-18)13-19-10-5-9-17-19/h4-6,9-10,14-15H,2-3,7-8,11-13H2,1H3,(H,20,21)/b6-4+. The lowest BCUT2D eigenvalue weighted by atomic mass is 9.95. The number of likely N-dealkylation sites (tertiary alicyclic amines) is 1. The largest absolute Gasteiger partial charge is 0.480 e. The van der Waals surface area contributed by atoms with Crippen LogP contribution >= 0.6 is 0 Å². The average molecular weight is 291 g/mol. The van der Waals surface area contributed by atoms with Gasteiger partial charge in [0, 0.05) is 18.9 Å². The number of allylic oxidation sites excluding steroid dienone is 1. The van der Waals surface area contributed by atoms with Gasteiger partial charge >= 0.3 is 5.97 Å². The minimum absolute atomic E-state index is 0.470. The predicted octanol–water partition coefficient (Wildman–Crippen LogP) is 2.40. The van der Waals surface area contributed by atoms with Crippen molar-refractivity contribution in [1.29, 1.82) is 0 Å². The normalized spacial score (nSPS) is 19.1. The zero-order chi connectivity index (χ0) is 15.1. The lowest BCUT2D eigenvalue weighted by Gasteiger charge is -2.34. The highest BCUT2D eigenvalue weighted by molar-refractivity contribution is 5.75. The predicted molar refractivity (Wildman–Crippen MR) is 82.0 cm³/mol. The summed E-state index contributed by atoms with van der Waals surface area (Å²) in [7, 11) is 0. The molecule has 1 unspecified atom stereocenters. The molecule has 2 heterocycles. The maximum atomic E-state index is 11.4. The molecule has 1 atom stereocenters. The van der Waals surface area contributed by atoms with Gasteiger partial charge in [-0.15, -0.1) is 0 Å². The fourth-order valence-electron chi connectivity index (χ4n) is 2.84. The Bertz CT molecular complexity index is 448. The van der Waals surface area contributed by atoms with Crippen molar-refractivity contribution in [3.63, 3.8) is 0 Å². The van der Waals surface area contributed by atoms with Crippen LogP contribution in [0.4, 0.5) is 0 Å². The van der Waals surface area contributed by atoms with Gasteiger partial charge in [0.05, 0.1) is 0 Å². The van der Waals surface area contributed by atoms with Crippen molar-refractivity contribution in [2.24, 2.45) is 5.92 Å². The van der Waals surface area contributed by atoms with Gasteiger partial charge in [-0.3, -0.25) is 14.4 Å². The molecule has 116 valence electrons. The second kappa shape index (κ2) is 7.98. The number of rotatable bonds is 7. The molecule has 0 spiro atoms. The van der Waals surface area contributed by atoms with Crippen molar-refractivity contribution < 1.29 is 9.90 Å². The fourth-order valence-corrected chi connectivity index (χ4v) is 2.84. The molecule has 5 heteroatoms. The third-order valence-corrected chi connectivity index (χ3v) is 4.07. The first-order chi connectivity index (χ1) is 10.2. The molecule has 5 nitrogen and oxygen atoms in total. The van der Waals surface area contributed by atoms with Crippen LogP contribution in [0.2, 0.25) is 0 Å². The first-order valence-electron chi connectivity index (χ1n) is 7.81. The highest BCUT2D eigenvalue weighted by atomic mass is 16.4. The number of aromatic nitrogens is 2. The van der Waals surface area contributed by atoms with Crippen molar-refractivity contribution in [2.45, 2.75) is 45.2 Å².